The number of halogens is 2. The minimum atomic E-state index is 0.233. The van der Waals surface area contributed by atoms with Gasteiger partial charge in [0.25, 0.3) is 0 Å². The van der Waals surface area contributed by atoms with Crippen LogP contribution in [0.1, 0.15) is 5.56 Å². The second-order valence-corrected chi connectivity index (χ2v) is 5.25. The molecule has 0 bridgehead atoms. The van der Waals surface area contributed by atoms with E-state index in [1.54, 1.807) is 19.2 Å². The molecular weight excluding hydrogens is 330 g/mol. The second-order valence-electron chi connectivity index (χ2n) is 3.99. The third kappa shape index (κ3) is 3.55. The summed E-state index contributed by atoms with van der Waals surface area (Å²) >= 11 is 9.25. The van der Waals surface area contributed by atoms with E-state index in [0.29, 0.717) is 21.8 Å². The van der Waals surface area contributed by atoms with Crippen molar-refractivity contribution in [3.63, 3.8) is 0 Å². The summed E-state index contributed by atoms with van der Waals surface area (Å²) in [6.45, 7) is 0.643. The molecule has 0 fully saturated rings. The molecule has 0 aliphatic rings. The van der Waals surface area contributed by atoms with E-state index in [1.165, 1.54) is 0 Å². The standard InChI is InChI=1S/C14H13BrClNO2/c1-19-14-7-10(3-4-12(14)16)17-8-9-2-5-13(18)11(15)6-9/h2-7,17-18H,8H2,1H3. The van der Waals surface area contributed by atoms with Crippen molar-refractivity contribution in [3.8, 4) is 11.5 Å². The molecule has 0 aliphatic carbocycles. The minimum Gasteiger partial charge on any atom is -0.507 e. The van der Waals surface area contributed by atoms with Gasteiger partial charge >= 0.3 is 0 Å². The third-order valence-electron chi connectivity index (χ3n) is 2.66. The Kier molecular flexibility index (Phi) is 4.56. The normalized spacial score (nSPS) is 10.3. The monoisotopic (exact) mass is 341 g/mol. The molecule has 0 spiro atoms. The Balaban J connectivity index is 2.07. The van der Waals surface area contributed by atoms with Crippen molar-refractivity contribution in [2.75, 3.05) is 12.4 Å². The fraction of sp³-hybridized carbons (Fsp3) is 0.143. The summed E-state index contributed by atoms with van der Waals surface area (Å²) in [7, 11) is 1.59. The molecule has 2 rings (SSSR count). The number of phenolic OH excluding ortho intramolecular Hbond substituents is 1. The lowest BCUT2D eigenvalue weighted by Crippen LogP contribution is -1.99. The average Bonchev–Trinajstić information content (AvgIpc) is 2.41. The molecule has 0 unspecified atom stereocenters. The Hall–Kier alpha value is -1.39. The van der Waals surface area contributed by atoms with Gasteiger partial charge in [-0.2, -0.15) is 0 Å². The molecule has 0 atom stereocenters. The highest BCUT2D eigenvalue weighted by molar-refractivity contribution is 9.10. The average molecular weight is 343 g/mol. The lowest BCUT2D eigenvalue weighted by atomic mass is 10.2. The van der Waals surface area contributed by atoms with Crippen LogP contribution in [0.15, 0.2) is 40.9 Å². The van der Waals surface area contributed by atoms with E-state index in [2.05, 4.69) is 21.2 Å². The number of hydrogen-bond donors (Lipinski definition) is 2. The highest BCUT2D eigenvalue weighted by atomic mass is 79.9. The van der Waals surface area contributed by atoms with Gasteiger partial charge in [-0.1, -0.05) is 17.7 Å². The maximum Gasteiger partial charge on any atom is 0.139 e. The summed E-state index contributed by atoms with van der Waals surface area (Å²) in [6.07, 6.45) is 0. The Morgan fingerprint density at radius 3 is 2.74 bits per heavy atom. The fourth-order valence-corrected chi connectivity index (χ4v) is 2.26. The fourth-order valence-electron chi connectivity index (χ4n) is 1.63. The Bertz CT molecular complexity index is 590. The van der Waals surface area contributed by atoms with E-state index < -0.39 is 0 Å². The number of nitrogens with one attached hydrogen (secondary N) is 1. The molecule has 0 heterocycles. The molecule has 0 saturated carbocycles. The number of benzene rings is 2. The zero-order chi connectivity index (χ0) is 13.8. The molecule has 100 valence electrons. The first-order chi connectivity index (χ1) is 9.10. The van der Waals surface area contributed by atoms with Crippen LogP contribution in [0.5, 0.6) is 11.5 Å². The zero-order valence-electron chi connectivity index (χ0n) is 10.3. The van der Waals surface area contributed by atoms with Gasteiger partial charge in [-0.05, 0) is 45.8 Å². The van der Waals surface area contributed by atoms with Crippen LogP contribution in [-0.4, -0.2) is 12.2 Å². The first kappa shape index (κ1) is 14.0. The van der Waals surface area contributed by atoms with E-state index in [0.717, 1.165) is 11.3 Å². The molecule has 19 heavy (non-hydrogen) atoms. The van der Waals surface area contributed by atoms with Crippen LogP contribution in [0, 0.1) is 0 Å². The lowest BCUT2D eigenvalue weighted by Gasteiger charge is -2.10. The summed E-state index contributed by atoms with van der Waals surface area (Å²) in [5.74, 6) is 0.871. The third-order valence-corrected chi connectivity index (χ3v) is 3.61. The van der Waals surface area contributed by atoms with Gasteiger partial charge in [-0.3, -0.25) is 0 Å². The van der Waals surface area contributed by atoms with Gasteiger partial charge in [-0.15, -0.1) is 0 Å². The maximum absolute atomic E-state index is 9.43. The number of methoxy groups -OCH3 is 1. The Morgan fingerprint density at radius 1 is 1.26 bits per heavy atom. The number of rotatable bonds is 4. The molecule has 0 aliphatic heterocycles. The van der Waals surface area contributed by atoms with Crippen molar-refractivity contribution in [2.45, 2.75) is 6.54 Å². The van der Waals surface area contributed by atoms with Gasteiger partial charge in [0, 0.05) is 18.3 Å². The highest BCUT2D eigenvalue weighted by Gasteiger charge is 2.03. The van der Waals surface area contributed by atoms with Crippen molar-refractivity contribution in [1.29, 1.82) is 0 Å². The maximum atomic E-state index is 9.43. The number of anilines is 1. The first-order valence-corrected chi connectivity index (χ1v) is 6.82. The van der Waals surface area contributed by atoms with Crippen molar-refractivity contribution >= 4 is 33.2 Å². The van der Waals surface area contributed by atoms with Crippen molar-refractivity contribution < 1.29 is 9.84 Å². The smallest absolute Gasteiger partial charge is 0.139 e. The molecule has 2 aromatic carbocycles. The van der Waals surface area contributed by atoms with Crippen LogP contribution in [-0.2, 0) is 6.54 Å². The molecule has 2 aromatic rings. The van der Waals surface area contributed by atoms with Crippen LogP contribution in [0.4, 0.5) is 5.69 Å². The van der Waals surface area contributed by atoms with Crippen LogP contribution < -0.4 is 10.1 Å². The largest absolute Gasteiger partial charge is 0.507 e. The van der Waals surface area contributed by atoms with Gasteiger partial charge in [0.05, 0.1) is 16.6 Å². The summed E-state index contributed by atoms with van der Waals surface area (Å²) in [4.78, 5) is 0. The van der Waals surface area contributed by atoms with Crippen LogP contribution in [0.25, 0.3) is 0 Å². The van der Waals surface area contributed by atoms with Crippen LogP contribution in [0.3, 0.4) is 0 Å². The van der Waals surface area contributed by atoms with Gasteiger partial charge in [-0.25, -0.2) is 0 Å². The number of aromatic hydroxyl groups is 1. The molecule has 0 aromatic heterocycles. The number of phenols is 1. The summed E-state index contributed by atoms with van der Waals surface area (Å²) in [5, 5.41) is 13.3. The van der Waals surface area contributed by atoms with Gasteiger partial charge in [0.15, 0.2) is 0 Å². The van der Waals surface area contributed by atoms with E-state index in [1.807, 2.05) is 24.3 Å². The molecule has 0 radical (unpaired) electrons. The molecule has 2 N–H and O–H groups in total. The Morgan fingerprint density at radius 2 is 2.05 bits per heavy atom. The van der Waals surface area contributed by atoms with E-state index >= 15 is 0 Å². The van der Waals surface area contributed by atoms with Crippen LogP contribution >= 0.6 is 27.5 Å². The molecular formula is C14H13BrClNO2. The molecule has 5 heteroatoms. The highest BCUT2D eigenvalue weighted by Crippen LogP contribution is 2.28. The van der Waals surface area contributed by atoms with Crippen molar-refractivity contribution in [1.82, 2.24) is 0 Å². The summed E-state index contributed by atoms with van der Waals surface area (Å²) in [5.41, 5.74) is 1.98. The van der Waals surface area contributed by atoms with E-state index in [-0.39, 0.29) is 5.75 Å². The summed E-state index contributed by atoms with van der Waals surface area (Å²) in [6, 6.07) is 10.9. The van der Waals surface area contributed by atoms with Crippen LogP contribution in [0.2, 0.25) is 5.02 Å². The van der Waals surface area contributed by atoms with Gasteiger partial charge in [0.1, 0.15) is 11.5 Å². The second kappa shape index (κ2) is 6.17. The number of hydrogen-bond acceptors (Lipinski definition) is 3. The topological polar surface area (TPSA) is 41.5 Å². The molecule has 0 saturated heterocycles. The lowest BCUT2D eigenvalue weighted by molar-refractivity contribution is 0.415. The Labute approximate surface area is 125 Å². The predicted molar refractivity (Wildman–Crippen MR) is 81.1 cm³/mol. The van der Waals surface area contributed by atoms with Crippen molar-refractivity contribution in [3.05, 3.63) is 51.5 Å². The number of ether oxygens (including phenoxy) is 1. The SMILES string of the molecule is COc1cc(NCc2ccc(O)c(Br)c2)ccc1Cl. The quantitative estimate of drug-likeness (QED) is 0.863. The molecule has 0 amide bonds. The first-order valence-electron chi connectivity index (χ1n) is 5.65. The van der Waals surface area contributed by atoms with E-state index in [9.17, 15) is 5.11 Å². The van der Waals surface area contributed by atoms with Gasteiger partial charge < -0.3 is 15.2 Å². The van der Waals surface area contributed by atoms with Crippen molar-refractivity contribution in [2.24, 2.45) is 0 Å². The minimum absolute atomic E-state index is 0.233. The van der Waals surface area contributed by atoms with E-state index in [4.69, 9.17) is 16.3 Å². The molecule has 3 nitrogen and oxygen atoms in total. The summed E-state index contributed by atoms with van der Waals surface area (Å²) < 4.78 is 5.84. The zero-order valence-corrected chi connectivity index (χ0v) is 12.6. The van der Waals surface area contributed by atoms with Gasteiger partial charge in [0.2, 0.25) is 0 Å². The predicted octanol–water partition coefficient (Wildman–Crippen LogP) is 4.43.